The van der Waals surface area contributed by atoms with Crippen molar-refractivity contribution in [2.45, 2.75) is 6.92 Å². The summed E-state index contributed by atoms with van der Waals surface area (Å²) >= 11 is 0. The fourth-order valence-corrected chi connectivity index (χ4v) is 2.10. The predicted octanol–water partition coefficient (Wildman–Crippen LogP) is 0.999. The third-order valence-electron chi connectivity index (χ3n) is 3.14. The van der Waals surface area contributed by atoms with E-state index >= 15 is 0 Å². The number of hydrogen-bond acceptors (Lipinski definition) is 3. The van der Waals surface area contributed by atoms with E-state index in [2.05, 4.69) is 0 Å². The van der Waals surface area contributed by atoms with Gasteiger partial charge >= 0.3 is 0 Å². The van der Waals surface area contributed by atoms with E-state index in [9.17, 15) is 9.59 Å². The standard InChI is InChI=1S/C14H18N2O3/c1-2-19-13-5-3-4-12(10-13)14(18)16-8-6-15(11-17)7-9-16/h3-5,10-11H,2,6-9H2,1H3. The lowest BCUT2D eigenvalue weighted by molar-refractivity contribution is -0.119. The molecule has 2 amide bonds. The summed E-state index contributed by atoms with van der Waals surface area (Å²) in [5.74, 6) is 0.701. The summed E-state index contributed by atoms with van der Waals surface area (Å²) in [5.41, 5.74) is 0.630. The van der Waals surface area contributed by atoms with Gasteiger partial charge in [0.1, 0.15) is 5.75 Å². The first-order chi connectivity index (χ1) is 9.24. The molecule has 0 radical (unpaired) electrons. The maximum atomic E-state index is 12.3. The quantitative estimate of drug-likeness (QED) is 0.761. The molecule has 0 atom stereocenters. The molecule has 5 nitrogen and oxygen atoms in total. The van der Waals surface area contributed by atoms with Gasteiger partial charge in [-0.25, -0.2) is 0 Å². The van der Waals surface area contributed by atoms with Crippen LogP contribution in [-0.4, -0.2) is 54.9 Å². The smallest absolute Gasteiger partial charge is 0.254 e. The Morgan fingerprint density at radius 3 is 2.68 bits per heavy atom. The Morgan fingerprint density at radius 1 is 1.32 bits per heavy atom. The van der Waals surface area contributed by atoms with Crippen LogP contribution < -0.4 is 4.74 Å². The molecule has 0 unspecified atom stereocenters. The van der Waals surface area contributed by atoms with Gasteiger partial charge in [-0.3, -0.25) is 9.59 Å². The zero-order valence-corrected chi connectivity index (χ0v) is 11.0. The normalized spacial score (nSPS) is 15.2. The molecule has 0 aromatic heterocycles. The molecule has 0 saturated carbocycles. The van der Waals surface area contributed by atoms with Gasteiger partial charge in [0.05, 0.1) is 6.61 Å². The van der Waals surface area contributed by atoms with E-state index in [-0.39, 0.29) is 5.91 Å². The Balaban J connectivity index is 2.03. The number of carbonyl (C=O) groups is 2. The van der Waals surface area contributed by atoms with Crippen molar-refractivity contribution in [3.63, 3.8) is 0 Å². The van der Waals surface area contributed by atoms with Crippen LogP contribution >= 0.6 is 0 Å². The molecule has 1 aliphatic heterocycles. The van der Waals surface area contributed by atoms with E-state index < -0.39 is 0 Å². The van der Waals surface area contributed by atoms with Crippen LogP contribution in [0.4, 0.5) is 0 Å². The Hall–Kier alpha value is -2.04. The van der Waals surface area contributed by atoms with Gasteiger partial charge in [0.2, 0.25) is 6.41 Å². The maximum absolute atomic E-state index is 12.3. The van der Waals surface area contributed by atoms with Gasteiger partial charge in [0.15, 0.2) is 0 Å². The highest BCUT2D eigenvalue weighted by molar-refractivity contribution is 5.94. The number of benzene rings is 1. The minimum absolute atomic E-state index is 0.00731. The van der Waals surface area contributed by atoms with Crippen molar-refractivity contribution in [3.8, 4) is 5.75 Å². The van der Waals surface area contributed by atoms with Gasteiger partial charge in [0.25, 0.3) is 5.91 Å². The summed E-state index contributed by atoms with van der Waals surface area (Å²) in [6, 6.07) is 7.21. The number of piperazine rings is 1. The van der Waals surface area contributed by atoms with E-state index in [0.717, 1.165) is 6.41 Å². The van der Waals surface area contributed by atoms with Crippen molar-refractivity contribution in [2.75, 3.05) is 32.8 Å². The van der Waals surface area contributed by atoms with Crippen LogP contribution in [0.25, 0.3) is 0 Å². The molecule has 1 saturated heterocycles. The Bertz CT molecular complexity index is 454. The lowest BCUT2D eigenvalue weighted by Gasteiger charge is -2.32. The second-order valence-electron chi connectivity index (χ2n) is 4.39. The Morgan fingerprint density at radius 2 is 2.05 bits per heavy atom. The first kappa shape index (κ1) is 13.4. The number of ether oxygens (including phenoxy) is 1. The Labute approximate surface area is 112 Å². The van der Waals surface area contributed by atoms with Crippen molar-refractivity contribution < 1.29 is 14.3 Å². The molecule has 1 fully saturated rings. The zero-order valence-electron chi connectivity index (χ0n) is 11.0. The molecule has 1 aromatic carbocycles. The first-order valence-electron chi connectivity index (χ1n) is 6.46. The highest BCUT2D eigenvalue weighted by atomic mass is 16.5. The molecule has 0 aliphatic carbocycles. The molecule has 0 bridgehead atoms. The average molecular weight is 262 g/mol. The fraction of sp³-hybridized carbons (Fsp3) is 0.429. The third-order valence-corrected chi connectivity index (χ3v) is 3.14. The van der Waals surface area contributed by atoms with Crippen LogP contribution in [0.5, 0.6) is 5.75 Å². The number of nitrogens with zero attached hydrogens (tertiary/aromatic N) is 2. The molecule has 1 heterocycles. The van der Waals surface area contributed by atoms with Crippen LogP contribution in [0.1, 0.15) is 17.3 Å². The summed E-state index contributed by atoms with van der Waals surface area (Å²) in [7, 11) is 0. The molecular formula is C14H18N2O3. The third kappa shape index (κ3) is 3.24. The van der Waals surface area contributed by atoms with Gasteiger partial charge < -0.3 is 14.5 Å². The van der Waals surface area contributed by atoms with Crippen molar-refractivity contribution in [3.05, 3.63) is 29.8 Å². The van der Waals surface area contributed by atoms with Gasteiger partial charge in [-0.05, 0) is 25.1 Å². The lowest BCUT2D eigenvalue weighted by atomic mass is 10.1. The van der Waals surface area contributed by atoms with Crippen LogP contribution in [0.3, 0.4) is 0 Å². The highest BCUT2D eigenvalue weighted by Crippen LogP contribution is 2.15. The van der Waals surface area contributed by atoms with E-state index in [4.69, 9.17) is 4.74 Å². The van der Waals surface area contributed by atoms with Crippen LogP contribution in [0, 0.1) is 0 Å². The maximum Gasteiger partial charge on any atom is 0.254 e. The molecule has 1 aromatic rings. The number of amides is 2. The van der Waals surface area contributed by atoms with Crippen LogP contribution in [0.15, 0.2) is 24.3 Å². The van der Waals surface area contributed by atoms with E-state index in [1.165, 1.54) is 0 Å². The fourth-order valence-electron chi connectivity index (χ4n) is 2.10. The topological polar surface area (TPSA) is 49.9 Å². The van der Waals surface area contributed by atoms with Crippen LogP contribution in [-0.2, 0) is 4.79 Å². The van der Waals surface area contributed by atoms with Crippen molar-refractivity contribution in [1.82, 2.24) is 9.80 Å². The second-order valence-corrected chi connectivity index (χ2v) is 4.39. The van der Waals surface area contributed by atoms with Gasteiger partial charge in [-0.2, -0.15) is 0 Å². The largest absolute Gasteiger partial charge is 0.494 e. The molecule has 0 N–H and O–H groups in total. The zero-order chi connectivity index (χ0) is 13.7. The Kier molecular flexibility index (Phi) is 4.39. The second kappa shape index (κ2) is 6.22. The minimum atomic E-state index is -0.00731. The lowest BCUT2D eigenvalue weighted by Crippen LogP contribution is -2.48. The first-order valence-corrected chi connectivity index (χ1v) is 6.46. The number of carbonyl (C=O) groups excluding carboxylic acids is 2. The van der Waals surface area contributed by atoms with Crippen molar-refractivity contribution in [1.29, 1.82) is 0 Å². The highest BCUT2D eigenvalue weighted by Gasteiger charge is 2.21. The molecule has 0 spiro atoms. The molecule has 2 rings (SSSR count). The van der Waals surface area contributed by atoms with Gasteiger partial charge in [-0.1, -0.05) is 6.07 Å². The van der Waals surface area contributed by atoms with E-state index in [1.807, 2.05) is 19.1 Å². The molecule has 102 valence electrons. The van der Waals surface area contributed by atoms with Crippen LogP contribution in [0.2, 0.25) is 0 Å². The minimum Gasteiger partial charge on any atom is -0.494 e. The van der Waals surface area contributed by atoms with Gasteiger partial charge in [-0.15, -0.1) is 0 Å². The van der Waals surface area contributed by atoms with Crippen molar-refractivity contribution in [2.24, 2.45) is 0 Å². The SMILES string of the molecule is CCOc1cccc(C(=O)N2CCN(C=O)CC2)c1. The molecular weight excluding hydrogens is 244 g/mol. The summed E-state index contributed by atoms with van der Waals surface area (Å²) in [5, 5.41) is 0. The summed E-state index contributed by atoms with van der Waals surface area (Å²) < 4.78 is 5.39. The summed E-state index contributed by atoms with van der Waals surface area (Å²) in [6.45, 7) is 4.84. The predicted molar refractivity (Wildman–Crippen MR) is 71.2 cm³/mol. The molecule has 5 heteroatoms. The van der Waals surface area contributed by atoms with E-state index in [0.29, 0.717) is 44.1 Å². The van der Waals surface area contributed by atoms with E-state index in [1.54, 1.807) is 21.9 Å². The monoisotopic (exact) mass is 262 g/mol. The molecule has 1 aliphatic rings. The molecule has 19 heavy (non-hydrogen) atoms. The number of rotatable bonds is 4. The van der Waals surface area contributed by atoms with Crippen molar-refractivity contribution >= 4 is 12.3 Å². The average Bonchev–Trinajstić information content (AvgIpc) is 2.47. The summed E-state index contributed by atoms with van der Waals surface area (Å²) in [6.07, 6.45) is 0.831. The number of hydrogen-bond donors (Lipinski definition) is 0. The van der Waals surface area contributed by atoms with Gasteiger partial charge in [0, 0.05) is 31.7 Å². The summed E-state index contributed by atoms with van der Waals surface area (Å²) in [4.78, 5) is 26.4.